The van der Waals surface area contributed by atoms with Gasteiger partial charge in [-0.25, -0.2) is 0 Å². The van der Waals surface area contributed by atoms with Crippen LogP contribution in [0.5, 0.6) is 0 Å². The number of nitrogens with one attached hydrogen (secondary N) is 1. The van der Waals surface area contributed by atoms with E-state index in [9.17, 15) is 4.79 Å². The van der Waals surface area contributed by atoms with Crippen molar-refractivity contribution in [1.82, 2.24) is 15.2 Å². The van der Waals surface area contributed by atoms with Crippen molar-refractivity contribution in [2.24, 2.45) is 0 Å². The van der Waals surface area contributed by atoms with Crippen molar-refractivity contribution in [3.05, 3.63) is 52.7 Å². The zero-order chi connectivity index (χ0) is 13.9. The highest BCUT2D eigenvalue weighted by molar-refractivity contribution is 9.10. The molecule has 0 saturated carbocycles. The minimum absolute atomic E-state index is 0.00127. The van der Waals surface area contributed by atoms with Gasteiger partial charge in [0.25, 0.3) is 5.91 Å². The summed E-state index contributed by atoms with van der Waals surface area (Å²) >= 11 is 3.22. The molecule has 0 radical (unpaired) electrons. The fourth-order valence-electron chi connectivity index (χ4n) is 2.41. The van der Waals surface area contributed by atoms with Crippen LogP contribution in [0, 0.1) is 0 Å². The molecule has 1 N–H and O–H groups in total. The minimum Gasteiger partial charge on any atom is -0.457 e. The van der Waals surface area contributed by atoms with Gasteiger partial charge in [-0.05, 0) is 27.6 Å². The van der Waals surface area contributed by atoms with Crippen molar-refractivity contribution in [3.63, 3.8) is 0 Å². The zero-order valence-corrected chi connectivity index (χ0v) is 12.3. The summed E-state index contributed by atoms with van der Waals surface area (Å²) in [5, 5.41) is 3.32. The number of nitrogens with zero attached hydrogens (tertiary/aromatic N) is 2. The van der Waals surface area contributed by atoms with E-state index in [0.717, 1.165) is 18.7 Å². The van der Waals surface area contributed by atoms with Crippen LogP contribution in [-0.2, 0) is 0 Å². The Hall–Kier alpha value is -1.66. The Labute approximate surface area is 125 Å². The second-order valence-corrected chi connectivity index (χ2v) is 5.43. The van der Waals surface area contributed by atoms with Crippen molar-refractivity contribution in [2.45, 2.75) is 6.04 Å². The average Bonchev–Trinajstić information content (AvgIpc) is 2.94. The van der Waals surface area contributed by atoms with Gasteiger partial charge in [-0.1, -0.05) is 6.07 Å². The fourth-order valence-corrected chi connectivity index (χ4v) is 2.75. The van der Waals surface area contributed by atoms with Crippen LogP contribution in [0.15, 0.2) is 45.9 Å². The Balaban J connectivity index is 1.87. The SMILES string of the molecule is O=C(c1coc(Br)c1)N1CCNCC1c1cccnc1. The lowest BCUT2D eigenvalue weighted by Crippen LogP contribution is -2.48. The molecule has 1 aliphatic heterocycles. The molecule has 1 fully saturated rings. The molecule has 3 rings (SSSR count). The third-order valence-corrected chi connectivity index (χ3v) is 3.80. The molecule has 2 aromatic heterocycles. The van der Waals surface area contributed by atoms with Crippen molar-refractivity contribution >= 4 is 21.8 Å². The lowest BCUT2D eigenvalue weighted by Gasteiger charge is -2.36. The molecule has 3 heterocycles. The predicted molar refractivity (Wildman–Crippen MR) is 77.3 cm³/mol. The number of amides is 1. The molecule has 1 amide bonds. The monoisotopic (exact) mass is 335 g/mol. The van der Waals surface area contributed by atoms with Gasteiger partial charge in [0.2, 0.25) is 0 Å². The van der Waals surface area contributed by atoms with Crippen LogP contribution in [0.25, 0.3) is 0 Å². The molecule has 0 spiro atoms. The molecule has 0 aromatic carbocycles. The second-order valence-electron chi connectivity index (χ2n) is 4.64. The number of carbonyl (C=O) groups is 1. The summed E-state index contributed by atoms with van der Waals surface area (Å²) in [7, 11) is 0. The molecule has 5 nitrogen and oxygen atoms in total. The summed E-state index contributed by atoms with van der Waals surface area (Å²) in [5.41, 5.74) is 1.60. The van der Waals surface area contributed by atoms with E-state index in [4.69, 9.17) is 4.42 Å². The lowest BCUT2D eigenvalue weighted by atomic mass is 10.0. The molecule has 1 saturated heterocycles. The Morgan fingerprint density at radius 1 is 1.55 bits per heavy atom. The van der Waals surface area contributed by atoms with Gasteiger partial charge in [0.05, 0.1) is 11.6 Å². The van der Waals surface area contributed by atoms with E-state index in [2.05, 4.69) is 26.2 Å². The van der Waals surface area contributed by atoms with Gasteiger partial charge < -0.3 is 14.6 Å². The molecule has 20 heavy (non-hydrogen) atoms. The van der Waals surface area contributed by atoms with Crippen molar-refractivity contribution in [3.8, 4) is 0 Å². The summed E-state index contributed by atoms with van der Waals surface area (Å²) < 4.78 is 5.72. The van der Waals surface area contributed by atoms with E-state index in [1.54, 1.807) is 12.3 Å². The van der Waals surface area contributed by atoms with Crippen LogP contribution in [0.4, 0.5) is 0 Å². The molecular weight excluding hydrogens is 322 g/mol. The smallest absolute Gasteiger partial charge is 0.257 e. The van der Waals surface area contributed by atoms with Crippen LogP contribution in [0.2, 0.25) is 0 Å². The number of hydrogen-bond donors (Lipinski definition) is 1. The second kappa shape index (κ2) is 5.76. The first-order valence-electron chi connectivity index (χ1n) is 6.41. The normalized spacial score (nSPS) is 19.1. The Kier molecular flexibility index (Phi) is 3.84. The van der Waals surface area contributed by atoms with E-state index in [0.29, 0.717) is 16.8 Å². The number of pyridine rings is 1. The van der Waals surface area contributed by atoms with Gasteiger partial charge in [-0.15, -0.1) is 0 Å². The maximum Gasteiger partial charge on any atom is 0.257 e. The topological polar surface area (TPSA) is 58.4 Å². The fraction of sp³-hybridized carbons (Fsp3) is 0.286. The summed E-state index contributed by atoms with van der Waals surface area (Å²) in [6.45, 7) is 2.19. The third kappa shape index (κ3) is 2.62. The number of piperazine rings is 1. The summed E-state index contributed by atoms with van der Waals surface area (Å²) in [6, 6.07) is 5.58. The minimum atomic E-state index is -0.0187. The number of halogens is 1. The number of hydrogen-bond acceptors (Lipinski definition) is 4. The first kappa shape index (κ1) is 13.3. The van der Waals surface area contributed by atoms with Gasteiger partial charge in [0.15, 0.2) is 4.67 Å². The van der Waals surface area contributed by atoms with Crippen LogP contribution >= 0.6 is 15.9 Å². The summed E-state index contributed by atoms with van der Waals surface area (Å²) in [5.74, 6) is -0.0187. The van der Waals surface area contributed by atoms with Crippen LogP contribution in [0.1, 0.15) is 22.0 Å². The largest absolute Gasteiger partial charge is 0.457 e. The third-order valence-electron chi connectivity index (χ3n) is 3.39. The van der Waals surface area contributed by atoms with Crippen LogP contribution < -0.4 is 5.32 Å². The molecule has 0 aliphatic carbocycles. The molecular formula is C14H14BrN3O2. The Morgan fingerprint density at radius 2 is 2.45 bits per heavy atom. The van der Waals surface area contributed by atoms with Gasteiger partial charge in [0.1, 0.15) is 6.26 Å². The zero-order valence-electron chi connectivity index (χ0n) is 10.8. The molecule has 0 bridgehead atoms. The first-order chi connectivity index (χ1) is 9.75. The summed E-state index contributed by atoms with van der Waals surface area (Å²) in [6.07, 6.45) is 5.02. The van der Waals surface area contributed by atoms with E-state index < -0.39 is 0 Å². The van der Waals surface area contributed by atoms with E-state index >= 15 is 0 Å². The first-order valence-corrected chi connectivity index (χ1v) is 7.20. The van der Waals surface area contributed by atoms with E-state index in [-0.39, 0.29) is 11.9 Å². The van der Waals surface area contributed by atoms with Gasteiger partial charge >= 0.3 is 0 Å². The van der Waals surface area contributed by atoms with Gasteiger partial charge in [-0.3, -0.25) is 9.78 Å². The maximum atomic E-state index is 12.6. The number of rotatable bonds is 2. The highest BCUT2D eigenvalue weighted by Crippen LogP contribution is 2.25. The van der Waals surface area contributed by atoms with E-state index in [1.807, 2.05) is 23.2 Å². The molecule has 2 aromatic rings. The number of carbonyl (C=O) groups excluding carboxylic acids is 1. The highest BCUT2D eigenvalue weighted by atomic mass is 79.9. The Morgan fingerprint density at radius 3 is 3.15 bits per heavy atom. The summed E-state index contributed by atoms with van der Waals surface area (Å²) in [4.78, 5) is 18.6. The quantitative estimate of drug-likeness (QED) is 0.914. The van der Waals surface area contributed by atoms with Crippen molar-refractivity contribution in [1.29, 1.82) is 0 Å². The maximum absolute atomic E-state index is 12.6. The Bertz CT molecular complexity index is 599. The molecule has 6 heteroatoms. The van der Waals surface area contributed by atoms with Crippen LogP contribution in [0.3, 0.4) is 0 Å². The molecule has 104 valence electrons. The van der Waals surface area contributed by atoms with Gasteiger partial charge in [-0.2, -0.15) is 0 Å². The molecule has 1 aliphatic rings. The standard InChI is InChI=1S/C14H14BrN3O2/c15-13-6-11(9-20-13)14(19)18-5-4-17-8-12(18)10-2-1-3-16-7-10/h1-3,6-7,9,12,17H,4-5,8H2. The molecule has 1 atom stereocenters. The average molecular weight is 336 g/mol. The van der Waals surface area contributed by atoms with Crippen molar-refractivity contribution < 1.29 is 9.21 Å². The predicted octanol–water partition coefficient (Wildman–Crippen LogP) is 2.22. The van der Waals surface area contributed by atoms with Crippen LogP contribution in [-0.4, -0.2) is 35.4 Å². The van der Waals surface area contributed by atoms with E-state index in [1.165, 1.54) is 6.26 Å². The van der Waals surface area contributed by atoms with Crippen molar-refractivity contribution in [2.75, 3.05) is 19.6 Å². The number of aromatic nitrogens is 1. The van der Waals surface area contributed by atoms with Gasteiger partial charge in [0, 0.05) is 38.1 Å². The molecule has 1 unspecified atom stereocenters. The number of furan rings is 1. The highest BCUT2D eigenvalue weighted by Gasteiger charge is 2.29. The lowest BCUT2D eigenvalue weighted by molar-refractivity contribution is 0.0633.